The van der Waals surface area contributed by atoms with Crippen LogP contribution in [-0.4, -0.2) is 83.5 Å². The Morgan fingerprint density at radius 3 is 2.25 bits per heavy atom. The van der Waals surface area contributed by atoms with Crippen LogP contribution in [0.15, 0.2) is 91.3 Å². The van der Waals surface area contributed by atoms with Crippen LogP contribution in [0.4, 0.5) is 9.18 Å². The molecule has 3 N–H and O–H groups in total. The maximum Gasteiger partial charge on any atom is 0.407 e. The number of aromatic nitrogens is 1. The second kappa shape index (κ2) is 19.2. The zero-order valence-electron chi connectivity index (χ0n) is 34.0. The van der Waals surface area contributed by atoms with Gasteiger partial charge in [-0.25, -0.2) is 9.18 Å². The molecule has 2 heterocycles. The van der Waals surface area contributed by atoms with Crippen molar-refractivity contribution < 1.29 is 37.8 Å². The maximum absolute atomic E-state index is 14.3. The van der Waals surface area contributed by atoms with Gasteiger partial charge in [0.1, 0.15) is 24.1 Å². The van der Waals surface area contributed by atoms with Gasteiger partial charge in [0.15, 0.2) is 5.78 Å². The van der Waals surface area contributed by atoms with Crippen LogP contribution < -0.4 is 16.0 Å². The molecule has 59 heavy (non-hydrogen) atoms. The predicted octanol–water partition coefficient (Wildman–Crippen LogP) is 6.63. The Morgan fingerprint density at radius 1 is 0.898 bits per heavy atom. The smallest absolute Gasteiger partial charge is 0.407 e. The second-order valence-corrected chi connectivity index (χ2v) is 16.0. The molecule has 0 radical (unpaired) electrons. The van der Waals surface area contributed by atoms with Gasteiger partial charge in [-0.2, -0.15) is 0 Å². The van der Waals surface area contributed by atoms with Crippen LogP contribution >= 0.6 is 0 Å². The fraction of sp³-hybridized carbons (Fsp3) is 0.391. The van der Waals surface area contributed by atoms with Crippen molar-refractivity contribution in [1.29, 1.82) is 0 Å². The lowest BCUT2D eigenvalue weighted by Gasteiger charge is -2.30. The van der Waals surface area contributed by atoms with Crippen LogP contribution in [-0.2, 0) is 23.9 Å². The molecule has 1 aliphatic carbocycles. The van der Waals surface area contributed by atoms with Gasteiger partial charge < -0.3 is 25.0 Å². The standard InChI is InChI=1S/C46H52FN5O7/c1-29(50-27-41(53)59-46(2,3)4)43(55)51-39(16-9-10-22-49-45(57)58-28-38-36-14-7-5-12-34(36)35-13-6-8-15-37(35)38)44(56)52-23-11-17-40(52)31-24-32(26-48-25-31)42(54)30-18-20-33(47)21-19-30/h5-8,12-15,18-21,24-26,29,38-40,50H,9-11,16-17,22-23,27-28H2,1-4H3,(H,49,57)(H,51,55)/t29-,39-,40-/m0/s1. The number of ether oxygens (including phenoxy) is 2. The first-order chi connectivity index (χ1) is 28.3. The zero-order chi connectivity index (χ0) is 42.1. The molecule has 0 unspecified atom stereocenters. The Kier molecular flexibility index (Phi) is 13.9. The van der Waals surface area contributed by atoms with E-state index in [1.807, 2.05) is 24.3 Å². The lowest BCUT2D eigenvalue weighted by atomic mass is 9.98. The molecule has 13 heteroatoms. The van der Waals surface area contributed by atoms with Crippen molar-refractivity contribution in [2.75, 3.05) is 26.2 Å². The number of nitrogens with one attached hydrogen (secondary N) is 3. The molecule has 1 saturated heterocycles. The summed E-state index contributed by atoms with van der Waals surface area (Å²) in [5, 5.41) is 8.61. The summed E-state index contributed by atoms with van der Waals surface area (Å²) in [5.41, 5.74) is 5.15. The van der Waals surface area contributed by atoms with Crippen molar-refractivity contribution >= 4 is 29.7 Å². The number of esters is 1. The molecule has 3 atom stereocenters. The molecular formula is C46H52FN5O7. The Bertz CT molecular complexity index is 2110. The minimum absolute atomic E-state index is 0.0625. The van der Waals surface area contributed by atoms with Gasteiger partial charge in [0.05, 0.1) is 18.6 Å². The van der Waals surface area contributed by atoms with Gasteiger partial charge >= 0.3 is 12.1 Å². The lowest BCUT2D eigenvalue weighted by Crippen LogP contribution is -2.53. The molecule has 3 amide bonds. The number of hydrogen-bond acceptors (Lipinski definition) is 9. The van der Waals surface area contributed by atoms with E-state index < -0.39 is 47.5 Å². The van der Waals surface area contributed by atoms with Gasteiger partial charge in [0.2, 0.25) is 11.8 Å². The average Bonchev–Trinajstić information content (AvgIpc) is 3.84. The van der Waals surface area contributed by atoms with E-state index >= 15 is 0 Å². The molecule has 0 spiro atoms. The summed E-state index contributed by atoms with van der Waals surface area (Å²) in [7, 11) is 0. The number of halogens is 1. The van der Waals surface area contributed by atoms with E-state index in [9.17, 15) is 28.4 Å². The van der Waals surface area contributed by atoms with E-state index in [4.69, 9.17) is 9.47 Å². The topological polar surface area (TPSA) is 156 Å². The van der Waals surface area contributed by atoms with Gasteiger partial charge in [-0.3, -0.25) is 29.5 Å². The number of alkyl carbamates (subject to hydrolysis) is 1. The SMILES string of the molecule is C[C@H](NCC(=O)OC(C)(C)C)C(=O)N[C@@H](CCCCNC(=O)OCC1c2ccccc2-c2ccccc21)C(=O)N1CCC[C@H]1c1cncc(C(=O)c2ccc(F)cc2)c1. The molecule has 3 aromatic carbocycles. The zero-order valence-corrected chi connectivity index (χ0v) is 34.0. The molecular weight excluding hydrogens is 754 g/mol. The number of unbranched alkanes of at least 4 members (excludes halogenated alkanes) is 1. The number of hydrogen-bond donors (Lipinski definition) is 3. The molecule has 1 aliphatic heterocycles. The number of carbonyl (C=O) groups is 5. The molecule has 0 saturated carbocycles. The number of ketones is 1. The van der Waals surface area contributed by atoms with E-state index in [-0.39, 0.29) is 37.2 Å². The number of rotatable bonds is 16. The lowest BCUT2D eigenvalue weighted by molar-refractivity contribution is -0.153. The van der Waals surface area contributed by atoms with Crippen molar-refractivity contribution in [2.24, 2.45) is 0 Å². The van der Waals surface area contributed by atoms with Gasteiger partial charge in [-0.05, 0) is 118 Å². The Morgan fingerprint density at radius 2 is 1.58 bits per heavy atom. The van der Waals surface area contributed by atoms with Gasteiger partial charge in [0.25, 0.3) is 0 Å². The van der Waals surface area contributed by atoms with E-state index in [0.717, 1.165) is 22.3 Å². The van der Waals surface area contributed by atoms with Crippen molar-refractivity contribution in [3.63, 3.8) is 0 Å². The predicted molar refractivity (Wildman–Crippen MR) is 220 cm³/mol. The molecule has 12 nitrogen and oxygen atoms in total. The maximum atomic E-state index is 14.3. The number of nitrogens with zero attached hydrogens (tertiary/aromatic N) is 2. The highest BCUT2D eigenvalue weighted by molar-refractivity contribution is 6.08. The summed E-state index contributed by atoms with van der Waals surface area (Å²) in [6.45, 7) is 7.60. The molecule has 1 fully saturated rings. The van der Waals surface area contributed by atoms with E-state index in [1.165, 1.54) is 30.5 Å². The number of likely N-dealkylation sites (tertiary alicyclic amines) is 1. The Labute approximate surface area is 344 Å². The summed E-state index contributed by atoms with van der Waals surface area (Å²) < 4.78 is 24.5. The molecule has 0 bridgehead atoms. The summed E-state index contributed by atoms with van der Waals surface area (Å²) in [6, 6.07) is 21.1. The van der Waals surface area contributed by atoms with Crippen LogP contribution in [0.1, 0.15) is 104 Å². The summed E-state index contributed by atoms with van der Waals surface area (Å²) in [6.07, 6.45) is 5.14. The van der Waals surface area contributed by atoms with Crippen LogP contribution in [0.3, 0.4) is 0 Å². The number of pyridine rings is 1. The first kappa shape index (κ1) is 42.7. The summed E-state index contributed by atoms with van der Waals surface area (Å²) >= 11 is 0. The van der Waals surface area contributed by atoms with Gasteiger partial charge in [-0.1, -0.05) is 48.5 Å². The molecule has 310 valence electrons. The normalized spacial score (nSPS) is 15.7. The number of carbonyl (C=O) groups excluding carboxylic acids is 5. The van der Waals surface area contributed by atoms with Crippen molar-refractivity contribution in [2.45, 2.75) is 89.4 Å². The second-order valence-electron chi connectivity index (χ2n) is 16.0. The highest BCUT2D eigenvalue weighted by Crippen LogP contribution is 2.44. The quantitative estimate of drug-likeness (QED) is 0.0643. The van der Waals surface area contributed by atoms with Crippen LogP contribution in [0.25, 0.3) is 11.1 Å². The minimum Gasteiger partial charge on any atom is -0.459 e. The third kappa shape index (κ3) is 11.0. The minimum atomic E-state index is -0.916. The number of fused-ring (bicyclic) bond motifs is 3. The fourth-order valence-electron chi connectivity index (χ4n) is 7.68. The van der Waals surface area contributed by atoms with E-state index in [0.29, 0.717) is 55.5 Å². The highest BCUT2D eigenvalue weighted by Gasteiger charge is 2.36. The first-order valence-corrected chi connectivity index (χ1v) is 20.2. The number of benzene rings is 3. The third-order valence-electron chi connectivity index (χ3n) is 10.6. The van der Waals surface area contributed by atoms with Crippen molar-refractivity contribution in [1.82, 2.24) is 25.8 Å². The third-order valence-corrected chi connectivity index (χ3v) is 10.6. The Balaban J connectivity index is 1.07. The van der Waals surface area contributed by atoms with E-state index in [2.05, 4.69) is 45.2 Å². The fourth-order valence-corrected chi connectivity index (χ4v) is 7.68. The highest BCUT2D eigenvalue weighted by atomic mass is 19.1. The molecule has 4 aromatic rings. The summed E-state index contributed by atoms with van der Waals surface area (Å²) in [4.78, 5) is 72.2. The largest absolute Gasteiger partial charge is 0.459 e. The first-order valence-electron chi connectivity index (χ1n) is 20.2. The van der Waals surface area contributed by atoms with Crippen molar-refractivity contribution in [3.8, 4) is 11.1 Å². The molecule has 2 aliphatic rings. The monoisotopic (exact) mass is 805 g/mol. The van der Waals surface area contributed by atoms with Crippen molar-refractivity contribution in [3.05, 3.63) is 125 Å². The van der Waals surface area contributed by atoms with Crippen LogP contribution in [0.2, 0.25) is 0 Å². The number of amides is 3. The van der Waals surface area contributed by atoms with Gasteiger partial charge in [-0.15, -0.1) is 0 Å². The molecule has 6 rings (SSSR count). The van der Waals surface area contributed by atoms with E-state index in [1.54, 1.807) is 44.9 Å². The summed E-state index contributed by atoms with van der Waals surface area (Å²) in [5.74, 6) is -2.10. The average molecular weight is 806 g/mol. The molecule has 1 aromatic heterocycles. The van der Waals surface area contributed by atoms with Gasteiger partial charge in [0, 0.05) is 42.5 Å². The van der Waals surface area contributed by atoms with Crippen LogP contribution in [0, 0.1) is 5.82 Å². The van der Waals surface area contributed by atoms with Crippen LogP contribution in [0.5, 0.6) is 0 Å². The Hall–Kier alpha value is -5.95.